The van der Waals surface area contributed by atoms with Gasteiger partial charge in [-0.25, -0.2) is 0 Å². The van der Waals surface area contributed by atoms with Crippen LogP contribution in [0.4, 0.5) is 5.69 Å². The van der Waals surface area contributed by atoms with Crippen LogP contribution in [0.15, 0.2) is 75.0 Å². The summed E-state index contributed by atoms with van der Waals surface area (Å²) in [6.45, 7) is 0. The van der Waals surface area contributed by atoms with Crippen molar-refractivity contribution in [2.45, 2.75) is 12.2 Å². The molecule has 0 spiro atoms. The number of hydrazone groups is 1. The van der Waals surface area contributed by atoms with Crippen LogP contribution in [-0.2, 0) is 0 Å². The van der Waals surface area contributed by atoms with Gasteiger partial charge in [-0.15, -0.1) is 5.01 Å². The zero-order valence-electron chi connectivity index (χ0n) is 13.3. The number of rotatable bonds is 3. The molecule has 3 aromatic rings. The molecule has 1 aliphatic heterocycles. The molecular formula is C17H13ClN4O4. The molecule has 9 heteroatoms. The summed E-state index contributed by atoms with van der Waals surface area (Å²) in [7, 11) is 0. The van der Waals surface area contributed by atoms with Gasteiger partial charge in [0.1, 0.15) is 11.5 Å². The van der Waals surface area contributed by atoms with E-state index in [1.165, 1.54) is 17.5 Å². The van der Waals surface area contributed by atoms with Crippen molar-refractivity contribution < 1.29 is 13.8 Å². The van der Waals surface area contributed by atoms with Gasteiger partial charge in [-0.05, 0) is 53.5 Å². The first-order valence-electron chi connectivity index (χ1n) is 7.74. The number of nitro groups is 1. The highest BCUT2D eigenvalue weighted by atomic mass is 35.5. The highest BCUT2D eigenvalue weighted by Crippen LogP contribution is 2.34. The Morgan fingerprint density at radius 2 is 1.73 bits per heavy atom. The standard InChI is InChI=1S/C17H13ClN4O4/c18-11-5-7-12(8-6-11)21-16(14-4-2-10-26-14)19-15(13-3-1-9-25-13)17(20-21)22(23)24/h1-10,15-16,19H/t15-,16+/m0/s1. The van der Waals surface area contributed by atoms with Crippen molar-refractivity contribution in [3.8, 4) is 0 Å². The monoisotopic (exact) mass is 372 g/mol. The van der Waals surface area contributed by atoms with E-state index in [-0.39, 0.29) is 5.84 Å². The summed E-state index contributed by atoms with van der Waals surface area (Å²) in [4.78, 5) is 11.1. The average molecular weight is 373 g/mol. The van der Waals surface area contributed by atoms with E-state index in [0.29, 0.717) is 22.2 Å². The van der Waals surface area contributed by atoms with Crippen LogP contribution >= 0.6 is 11.6 Å². The lowest BCUT2D eigenvalue weighted by Gasteiger charge is -2.30. The zero-order chi connectivity index (χ0) is 18.1. The topological polar surface area (TPSA) is 97.0 Å². The second-order valence-electron chi connectivity index (χ2n) is 5.57. The molecule has 26 heavy (non-hydrogen) atoms. The van der Waals surface area contributed by atoms with Gasteiger partial charge in [0.2, 0.25) is 0 Å². The fourth-order valence-electron chi connectivity index (χ4n) is 2.79. The van der Waals surface area contributed by atoms with Gasteiger partial charge in [-0.1, -0.05) is 11.6 Å². The molecule has 0 unspecified atom stereocenters. The Kier molecular flexibility index (Phi) is 4.19. The van der Waals surface area contributed by atoms with Crippen LogP contribution in [-0.4, -0.2) is 10.8 Å². The van der Waals surface area contributed by atoms with E-state index in [1.807, 2.05) is 0 Å². The number of hydrogen-bond donors (Lipinski definition) is 1. The molecule has 0 amide bonds. The summed E-state index contributed by atoms with van der Waals surface area (Å²) in [6, 6.07) is 12.9. The lowest BCUT2D eigenvalue weighted by Crippen LogP contribution is -2.47. The number of halogens is 1. The van der Waals surface area contributed by atoms with Gasteiger partial charge < -0.3 is 18.9 Å². The van der Waals surface area contributed by atoms with Gasteiger partial charge in [-0.2, -0.15) is 0 Å². The second kappa shape index (κ2) is 6.66. The minimum atomic E-state index is -0.821. The Labute approximate surface area is 152 Å². The number of anilines is 1. The van der Waals surface area contributed by atoms with Crippen molar-refractivity contribution >= 4 is 23.1 Å². The van der Waals surface area contributed by atoms with Gasteiger partial charge in [0.05, 0.1) is 23.3 Å². The Balaban J connectivity index is 1.83. The summed E-state index contributed by atoms with van der Waals surface area (Å²) >= 11 is 5.95. The first kappa shape index (κ1) is 16.4. The minimum Gasteiger partial charge on any atom is -0.467 e. The largest absolute Gasteiger partial charge is 0.467 e. The molecule has 2 atom stereocenters. The SMILES string of the molecule is O=[N+]([O-])C1=NN(c2ccc(Cl)cc2)[C@H](c2ccco2)N[C@H]1c1ccco1. The molecule has 0 saturated carbocycles. The average Bonchev–Trinajstić information content (AvgIpc) is 3.35. The number of furan rings is 2. The minimum absolute atomic E-state index is 0.280. The van der Waals surface area contributed by atoms with Crippen LogP contribution in [0.2, 0.25) is 5.02 Å². The van der Waals surface area contributed by atoms with E-state index in [0.717, 1.165) is 0 Å². The molecule has 132 valence electrons. The summed E-state index contributed by atoms with van der Waals surface area (Å²) in [6.07, 6.45) is 2.43. The molecule has 0 aliphatic carbocycles. The van der Waals surface area contributed by atoms with Crippen molar-refractivity contribution in [3.63, 3.8) is 0 Å². The molecule has 0 radical (unpaired) electrons. The lowest BCUT2D eigenvalue weighted by molar-refractivity contribution is -0.356. The van der Waals surface area contributed by atoms with E-state index in [9.17, 15) is 10.1 Å². The molecule has 1 aliphatic rings. The first-order chi connectivity index (χ1) is 12.6. The van der Waals surface area contributed by atoms with Crippen LogP contribution in [0.1, 0.15) is 23.7 Å². The molecule has 3 heterocycles. The van der Waals surface area contributed by atoms with Crippen LogP contribution in [0.25, 0.3) is 0 Å². The van der Waals surface area contributed by atoms with Crippen LogP contribution < -0.4 is 10.3 Å². The molecular weight excluding hydrogens is 360 g/mol. The van der Waals surface area contributed by atoms with E-state index in [2.05, 4.69) is 10.4 Å². The fourth-order valence-corrected chi connectivity index (χ4v) is 2.91. The van der Waals surface area contributed by atoms with E-state index in [1.54, 1.807) is 48.5 Å². The fraction of sp³-hybridized carbons (Fsp3) is 0.118. The van der Waals surface area contributed by atoms with Gasteiger partial charge >= 0.3 is 5.84 Å². The maximum absolute atomic E-state index is 11.6. The summed E-state index contributed by atoms with van der Waals surface area (Å²) in [5.41, 5.74) is 0.626. The molecule has 8 nitrogen and oxygen atoms in total. The third-order valence-corrected chi connectivity index (χ3v) is 4.21. The van der Waals surface area contributed by atoms with Crippen molar-refractivity contribution in [2.75, 3.05) is 5.01 Å². The maximum Gasteiger partial charge on any atom is 0.389 e. The summed E-state index contributed by atoms with van der Waals surface area (Å²) in [5.74, 6) is 0.674. The molecule has 0 saturated heterocycles. The summed E-state index contributed by atoms with van der Waals surface area (Å²) < 4.78 is 10.9. The van der Waals surface area contributed by atoms with Crippen molar-refractivity contribution in [3.05, 3.63) is 87.7 Å². The van der Waals surface area contributed by atoms with Gasteiger partial charge in [0, 0.05) is 5.02 Å². The number of nitrogens with one attached hydrogen (secondary N) is 1. The normalized spacial score (nSPS) is 20.0. The first-order valence-corrected chi connectivity index (χ1v) is 8.12. The molecule has 0 bridgehead atoms. The van der Waals surface area contributed by atoms with Gasteiger partial charge in [-0.3, -0.25) is 5.32 Å². The van der Waals surface area contributed by atoms with E-state index >= 15 is 0 Å². The lowest BCUT2D eigenvalue weighted by atomic mass is 10.1. The maximum atomic E-state index is 11.6. The molecule has 0 fully saturated rings. The van der Waals surface area contributed by atoms with Gasteiger partial charge in [0.15, 0.2) is 12.2 Å². The number of nitrogens with zero attached hydrogens (tertiary/aromatic N) is 3. The van der Waals surface area contributed by atoms with Crippen LogP contribution in [0.3, 0.4) is 0 Å². The molecule has 1 aromatic carbocycles. The van der Waals surface area contributed by atoms with Crippen molar-refractivity contribution in [2.24, 2.45) is 5.10 Å². The van der Waals surface area contributed by atoms with Crippen LogP contribution in [0, 0.1) is 10.1 Å². The third-order valence-electron chi connectivity index (χ3n) is 3.96. The Bertz CT molecular complexity index is 922. The highest BCUT2D eigenvalue weighted by molar-refractivity contribution is 6.30. The second-order valence-corrected chi connectivity index (χ2v) is 6.01. The van der Waals surface area contributed by atoms with E-state index in [4.69, 9.17) is 20.4 Å². The van der Waals surface area contributed by atoms with E-state index < -0.39 is 17.1 Å². The molecule has 2 aromatic heterocycles. The number of hydrogen-bond acceptors (Lipinski definition) is 7. The predicted molar refractivity (Wildman–Crippen MR) is 94.4 cm³/mol. The smallest absolute Gasteiger partial charge is 0.389 e. The molecule has 4 rings (SSSR count). The van der Waals surface area contributed by atoms with Crippen molar-refractivity contribution in [1.82, 2.24) is 5.32 Å². The third kappa shape index (κ3) is 2.96. The quantitative estimate of drug-likeness (QED) is 0.552. The summed E-state index contributed by atoms with van der Waals surface area (Å²) in [5, 5.41) is 21.1. The Morgan fingerprint density at radius 3 is 2.31 bits per heavy atom. The Hall–Kier alpha value is -3.10. The molecule has 1 N–H and O–H groups in total. The van der Waals surface area contributed by atoms with Crippen molar-refractivity contribution in [1.29, 1.82) is 0 Å². The number of amidine groups is 1. The number of benzene rings is 1. The predicted octanol–water partition coefficient (Wildman–Crippen LogP) is 3.97. The zero-order valence-corrected chi connectivity index (χ0v) is 14.0. The Morgan fingerprint density at radius 1 is 1.08 bits per heavy atom. The highest BCUT2D eigenvalue weighted by Gasteiger charge is 2.43. The van der Waals surface area contributed by atoms with Crippen LogP contribution in [0.5, 0.6) is 0 Å². The van der Waals surface area contributed by atoms with Gasteiger partial charge in [0.25, 0.3) is 0 Å².